The van der Waals surface area contributed by atoms with E-state index in [-0.39, 0.29) is 22.4 Å². The second-order valence-corrected chi connectivity index (χ2v) is 3.65. The minimum absolute atomic E-state index is 0.00619. The van der Waals surface area contributed by atoms with Gasteiger partial charge in [-0.15, -0.1) is 0 Å². The number of nitrogens with zero attached hydrogens (tertiary/aromatic N) is 2. The number of benzene rings is 2. The molecule has 0 spiro atoms. The van der Waals surface area contributed by atoms with Crippen LogP contribution in [0, 0.1) is 28.5 Å². The van der Waals surface area contributed by atoms with Gasteiger partial charge in [-0.25, -0.2) is 4.39 Å². The van der Waals surface area contributed by atoms with Crippen molar-refractivity contribution in [2.24, 2.45) is 0 Å². The molecular weight excluding hydrogens is 231 g/mol. The molecule has 0 aromatic heterocycles. The number of phenolic OH excluding ortho intramolecular Hbond substituents is 1. The van der Waals surface area contributed by atoms with Gasteiger partial charge in [0.2, 0.25) is 0 Å². The summed E-state index contributed by atoms with van der Waals surface area (Å²) in [4.78, 5) is 0. The predicted molar refractivity (Wildman–Crippen MR) is 62.9 cm³/mol. The molecule has 0 atom stereocenters. The summed E-state index contributed by atoms with van der Waals surface area (Å²) in [5, 5.41) is 27.6. The summed E-state index contributed by atoms with van der Waals surface area (Å²) in [6.07, 6.45) is 0. The molecule has 0 fully saturated rings. The molecule has 1 N–H and O–H groups in total. The summed E-state index contributed by atoms with van der Waals surface area (Å²) < 4.78 is 13.1. The van der Waals surface area contributed by atoms with Crippen LogP contribution in [0.1, 0.15) is 11.1 Å². The van der Waals surface area contributed by atoms with Gasteiger partial charge in [0.25, 0.3) is 0 Å². The maximum Gasteiger partial charge on any atom is 0.141 e. The molecule has 0 unspecified atom stereocenters. The lowest BCUT2D eigenvalue weighted by Gasteiger charge is -2.07. The topological polar surface area (TPSA) is 67.8 Å². The average Bonchev–Trinajstić information content (AvgIpc) is 2.39. The van der Waals surface area contributed by atoms with E-state index in [0.717, 1.165) is 0 Å². The molecule has 0 heterocycles. The van der Waals surface area contributed by atoms with Crippen LogP contribution < -0.4 is 0 Å². The molecule has 4 heteroatoms. The predicted octanol–water partition coefficient (Wildman–Crippen LogP) is 2.94. The zero-order valence-electron chi connectivity index (χ0n) is 9.18. The van der Waals surface area contributed by atoms with Crippen LogP contribution in [0.3, 0.4) is 0 Å². The molecule has 0 aliphatic heterocycles. The van der Waals surface area contributed by atoms with Crippen molar-refractivity contribution >= 4 is 0 Å². The lowest BCUT2D eigenvalue weighted by molar-refractivity contribution is 0.475. The number of aromatic hydroxyl groups is 1. The van der Waals surface area contributed by atoms with Gasteiger partial charge in [-0.1, -0.05) is 12.1 Å². The van der Waals surface area contributed by atoms with E-state index in [1.54, 1.807) is 12.1 Å². The van der Waals surface area contributed by atoms with Crippen LogP contribution in [0.15, 0.2) is 36.4 Å². The van der Waals surface area contributed by atoms with Crippen LogP contribution in [0.2, 0.25) is 0 Å². The van der Waals surface area contributed by atoms with Crippen molar-refractivity contribution in [3.63, 3.8) is 0 Å². The van der Waals surface area contributed by atoms with Crippen LogP contribution in [0.25, 0.3) is 11.1 Å². The molecule has 0 aliphatic rings. The van der Waals surface area contributed by atoms with Crippen molar-refractivity contribution in [2.45, 2.75) is 0 Å². The molecule has 0 amide bonds. The largest absolute Gasteiger partial charge is 0.506 e. The first-order valence-corrected chi connectivity index (χ1v) is 5.09. The summed E-state index contributed by atoms with van der Waals surface area (Å²) in [6.45, 7) is 0. The van der Waals surface area contributed by atoms with Gasteiger partial charge in [0, 0.05) is 5.56 Å². The van der Waals surface area contributed by atoms with Crippen molar-refractivity contribution in [1.82, 2.24) is 0 Å². The Labute approximate surface area is 103 Å². The van der Waals surface area contributed by atoms with Crippen LogP contribution in [0.4, 0.5) is 4.39 Å². The molecule has 2 rings (SSSR count). The Bertz CT molecular complexity index is 696. The minimum atomic E-state index is -0.451. The van der Waals surface area contributed by atoms with Gasteiger partial charge in [-0.05, 0) is 29.8 Å². The molecule has 0 radical (unpaired) electrons. The third kappa shape index (κ3) is 2.00. The Balaban J connectivity index is 2.72. The number of hydrogen-bond donors (Lipinski definition) is 1. The summed E-state index contributed by atoms with van der Waals surface area (Å²) in [5.74, 6) is -0.699. The molecule has 18 heavy (non-hydrogen) atoms. The fourth-order valence-electron chi connectivity index (χ4n) is 1.66. The first kappa shape index (κ1) is 11.6. The Morgan fingerprint density at radius 2 is 1.83 bits per heavy atom. The normalized spacial score (nSPS) is 9.50. The van der Waals surface area contributed by atoms with Gasteiger partial charge in [0.05, 0.1) is 17.2 Å². The van der Waals surface area contributed by atoms with Crippen molar-refractivity contribution in [3.8, 4) is 29.0 Å². The standard InChI is InChI=1S/C14H7FN2O/c15-12-3-1-2-10(6-12)13-5-9(7-16)4-11(8-17)14(13)18/h1-6,18H. The highest BCUT2D eigenvalue weighted by atomic mass is 19.1. The van der Waals surface area contributed by atoms with Crippen molar-refractivity contribution in [1.29, 1.82) is 10.5 Å². The average molecular weight is 238 g/mol. The number of halogens is 1. The molecular formula is C14H7FN2O. The van der Waals surface area contributed by atoms with Crippen molar-refractivity contribution < 1.29 is 9.50 Å². The fourth-order valence-corrected chi connectivity index (χ4v) is 1.66. The lowest BCUT2D eigenvalue weighted by Crippen LogP contribution is -1.87. The maximum absolute atomic E-state index is 13.1. The highest BCUT2D eigenvalue weighted by molar-refractivity contribution is 5.75. The SMILES string of the molecule is N#Cc1cc(C#N)c(O)c(-c2cccc(F)c2)c1. The van der Waals surface area contributed by atoms with Crippen molar-refractivity contribution in [2.75, 3.05) is 0 Å². The first-order valence-electron chi connectivity index (χ1n) is 5.09. The summed E-state index contributed by atoms with van der Waals surface area (Å²) >= 11 is 0. The highest BCUT2D eigenvalue weighted by Crippen LogP contribution is 2.33. The maximum atomic E-state index is 13.1. The van der Waals surface area contributed by atoms with E-state index in [9.17, 15) is 9.50 Å². The van der Waals surface area contributed by atoms with E-state index >= 15 is 0 Å². The second-order valence-electron chi connectivity index (χ2n) is 3.65. The fraction of sp³-hybridized carbons (Fsp3) is 0. The zero-order chi connectivity index (χ0) is 13.1. The monoisotopic (exact) mass is 238 g/mol. The van der Waals surface area contributed by atoms with Crippen LogP contribution in [-0.2, 0) is 0 Å². The van der Waals surface area contributed by atoms with Crippen LogP contribution >= 0.6 is 0 Å². The number of phenols is 1. The molecule has 0 bridgehead atoms. The van der Waals surface area contributed by atoms with Crippen molar-refractivity contribution in [3.05, 3.63) is 53.3 Å². The molecule has 2 aromatic rings. The number of hydrogen-bond acceptors (Lipinski definition) is 3. The van der Waals surface area contributed by atoms with E-state index in [4.69, 9.17) is 10.5 Å². The second kappa shape index (κ2) is 4.57. The molecule has 2 aromatic carbocycles. The molecule has 0 saturated heterocycles. The quantitative estimate of drug-likeness (QED) is 0.830. The molecule has 0 aliphatic carbocycles. The van der Waals surface area contributed by atoms with Crippen LogP contribution in [-0.4, -0.2) is 5.11 Å². The van der Waals surface area contributed by atoms with E-state index in [0.29, 0.717) is 5.56 Å². The Hall–Kier alpha value is -2.85. The van der Waals surface area contributed by atoms with Gasteiger partial charge in [0.1, 0.15) is 17.6 Å². The molecule has 3 nitrogen and oxygen atoms in total. The smallest absolute Gasteiger partial charge is 0.141 e. The van der Waals surface area contributed by atoms with E-state index in [2.05, 4.69) is 0 Å². The summed E-state index contributed by atoms with van der Waals surface area (Å²) in [6, 6.07) is 12.0. The van der Waals surface area contributed by atoms with E-state index in [1.165, 1.54) is 30.3 Å². The van der Waals surface area contributed by atoms with E-state index < -0.39 is 5.82 Å². The number of rotatable bonds is 1. The third-order valence-electron chi connectivity index (χ3n) is 2.50. The third-order valence-corrected chi connectivity index (χ3v) is 2.50. The molecule has 0 saturated carbocycles. The summed E-state index contributed by atoms with van der Waals surface area (Å²) in [5.41, 5.74) is 0.920. The Kier molecular flexibility index (Phi) is 2.95. The number of nitriles is 2. The van der Waals surface area contributed by atoms with Gasteiger partial charge in [0.15, 0.2) is 0 Å². The Morgan fingerprint density at radius 1 is 1.06 bits per heavy atom. The minimum Gasteiger partial charge on any atom is -0.506 e. The first-order chi connectivity index (χ1) is 8.65. The van der Waals surface area contributed by atoms with Gasteiger partial charge in [-0.3, -0.25) is 0 Å². The molecule has 86 valence electrons. The van der Waals surface area contributed by atoms with Gasteiger partial charge < -0.3 is 5.11 Å². The highest BCUT2D eigenvalue weighted by Gasteiger charge is 2.12. The summed E-state index contributed by atoms with van der Waals surface area (Å²) in [7, 11) is 0. The lowest BCUT2D eigenvalue weighted by atomic mass is 9.99. The Morgan fingerprint density at radius 3 is 2.44 bits per heavy atom. The zero-order valence-corrected chi connectivity index (χ0v) is 9.18. The van der Waals surface area contributed by atoms with Gasteiger partial charge in [-0.2, -0.15) is 10.5 Å². The van der Waals surface area contributed by atoms with E-state index in [1.807, 2.05) is 6.07 Å². The van der Waals surface area contributed by atoms with Crippen LogP contribution in [0.5, 0.6) is 5.75 Å². The van der Waals surface area contributed by atoms with Gasteiger partial charge >= 0.3 is 0 Å².